The Bertz CT molecular complexity index is 1070. The fourth-order valence-electron chi connectivity index (χ4n) is 3.97. The molecule has 3 aromatic rings. The molecule has 0 bridgehead atoms. The van der Waals surface area contributed by atoms with E-state index in [4.69, 9.17) is 23.9 Å². The zero-order valence-electron chi connectivity index (χ0n) is 19.0. The number of fused-ring (bicyclic) bond motifs is 3. The Balaban J connectivity index is 1.71. The van der Waals surface area contributed by atoms with Gasteiger partial charge >= 0.3 is 0 Å². The van der Waals surface area contributed by atoms with Gasteiger partial charge in [-0.05, 0) is 45.2 Å². The summed E-state index contributed by atoms with van der Waals surface area (Å²) in [5, 5.41) is 3.31. The second-order valence-corrected chi connectivity index (χ2v) is 7.28. The topological polar surface area (TPSA) is 74.7 Å². The average molecular weight is 436 g/mol. The number of ether oxygens (including phenoxy) is 4. The Morgan fingerprint density at radius 1 is 0.906 bits per heavy atom. The molecule has 0 fully saturated rings. The molecule has 0 saturated heterocycles. The molecule has 0 radical (unpaired) electrons. The first kappa shape index (κ1) is 21.7. The zero-order valence-corrected chi connectivity index (χ0v) is 19.0. The molecule has 0 amide bonds. The molecule has 168 valence electrons. The molecular weight excluding hydrogens is 406 g/mol. The van der Waals surface area contributed by atoms with Crippen LogP contribution in [0.25, 0.3) is 11.3 Å². The van der Waals surface area contributed by atoms with Crippen LogP contribution in [0.5, 0.6) is 23.0 Å². The van der Waals surface area contributed by atoms with E-state index in [-0.39, 0.29) is 0 Å². The maximum atomic E-state index is 5.82. The smallest absolute Gasteiger partial charge is 0.227 e. The maximum Gasteiger partial charge on any atom is 0.227 e. The van der Waals surface area contributed by atoms with Gasteiger partial charge in [-0.3, -0.25) is 0 Å². The van der Waals surface area contributed by atoms with Gasteiger partial charge in [-0.2, -0.15) is 0 Å². The number of aryl methyl sites for hydroxylation is 1. The number of benzene rings is 2. The van der Waals surface area contributed by atoms with E-state index in [0.29, 0.717) is 43.0 Å². The summed E-state index contributed by atoms with van der Waals surface area (Å²) in [7, 11) is 1.70. The Morgan fingerprint density at radius 3 is 2.28 bits per heavy atom. The summed E-state index contributed by atoms with van der Waals surface area (Å²) < 4.78 is 23.0. The minimum Gasteiger partial charge on any atom is -0.496 e. The molecule has 0 atom stereocenters. The second-order valence-electron chi connectivity index (χ2n) is 7.28. The monoisotopic (exact) mass is 435 g/mol. The summed E-state index contributed by atoms with van der Waals surface area (Å²) in [5.41, 5.74) is 5.11. The van der Waals surface area contributed by atoms with E-state index in [1.54, 1.807) is 7.11 Å². The molecule has 7 heteroatoms. The first-order valence-electron chi connectivity index (χ1n) is 11.0. The SMILES string of the molecule is CCOc1cc(Nc2ncc3c(n2)-c2cccc(OC)c2CC3)cc(OCC)c1OCC. The van der Waals surface area contributed by atoms with Gasteiger partial charge in [0, 0.05) is 35.1 Å². The Labute approximate surface area is 188 Å². The summed E-state index contributed by atoms with van der Waals surface area (Å²) in [6.07, 6.45) is 3.69. The fourth-order valence-corrected chi connectivity index (χ4v) is 3.97. The van der Waals surface area contributed by atoms with Crippen molar-refractivity contribution in [2.24, 2.45) is 0 Å². The van der Waals surface area contributed by atoms with Crippen LogP contribution >= 0.6 is 0 Å². The first-order valence-corrected chi connectivity index (χ1v) is 11.0. The Kier molecular flexibility index (Phi) is 6.63. The van der Waals surface area contributed by atoms with Gasteiger partial charge < -0.3 is 24.3 Å². The predicted octanol–water partition coefficient (Wildman–Crippen LogP) is 5.19. The van der Waals surface area contributed by atoms with Crippen molar-refractivity contribution in [2.75, 3.05) is 32.2 Å². The lowest BCUT2D eigenvalue weighted by molar-refractivity contribution is 0.261. The normalized spacial score (nSPS) is 11.9. The average Bonchev–Trinajstić information content (AvgIpc) is 2.81. The number of nitrogens with zero attached hydrogens (tertiary/aromatic N) is 2. The van der Waals surface area contributed by atoms with Crippen LogP contribution < -0.4 is 24.3 Å². The summed E-state index contributed by atoms with van der Waals surface area (Å²) in [5.74, 6) is 3.25. The third-order valence-corrected chi connectivity index (χ3v) is 5.28. The molecule has 0 aliphatic heterocycles. The van der Waals surface area contributed by atoms with Crippen molar-refractivity contribution >= 4 is 11.6 Å². The van der Waals surface area contributed by atoms with Crippen molar-refractivity contribution in [2.45, 2.75) is 33.6 Å². The lowest BCUT2D eigenvalue weighted by atomic mass is 9.89. The minimum atomic E-state index is 0.508. The molecule has 1 aliphatic rings. The number of aromatic nitrogens is 2. The van der Waals surface area contributed by atoms with E-state index in [2.05, 4.69) is 16.4 Å². The molecule has 1 aromatic heterocycles. The summed E-state index contributed by atoms with van der Waals surface area (Å²) in [4.78, 5) is 9.39. The van der Waals surface area contributed by atoms with Gasteiger partial charge in [-0.1, -0.05) is 12.1 Å². The summed E-state index contributed by atoms with van der Waals surface area (Å²) >= 11 is 0. The van der Waals surface area contributed by atoms with Gasteiger partial charge in [0.15, 0.2) is 11.5 Å². The van der Waals surface area contributed by atoms with Crippen molar-refractivity contribution < 1.29 is 18.9 Å². The largest absolute Gasteiger partial charge is 0.496 e. The van der Waals surface area contributed by atoms with E-state index in [1.165, 1.54) is 5.56 Å². The van der Waals surface area contributed by atoms with Crippen molar-refractivity contribution in [1.82, 2.24) is 9.97 Å². The van der Waals surface area contributed by atoms with E-state index >= 15 is 0 Å². The van der Waals surface area contributed by atoms with Crippen LogP contribution in [0.3, 0.4) is 0 Å². The van der Waals surface area contributed by atoms with Gasteiger partial charge in [-0.25, -0.2) is 9.97 Å². The van der Waals surface area contributed by atoms with Crippen LogP contribution in [-0.4, -0.2) is 36.9 Å². The standard InChI is InChI=1S/C25H29N3O4/c1-5-30-21-13-17(14-22(31-6-2)24(21)32-7-3)27-25-26-15-16-11-12-18-19(23(16)28-25)9-8-10-20(18)29-4/h8-10,13-15H,5-7,11-12H2,1-4H3,(H,26,27,28). The number of nitrogens with one attached hydrogen (secondary N) is 1. The second kappa shape index (κ2) is 9.77. The summed E-state index contributed by atoms with van der Waals surface area (Å²) in [6.45, 7) is 7.37. The molecule has 4 rings (SSSR count). The molecule has 7 nitrogen and oxygen atoms in total. The van der Waals surface area contributed by atoms with E-state index in [0.717, 1.165) is 41.1 Å². The Hall–Kier alpha value is -3.48. The van der Waals surface area contributed by atoms with Crippen molar-refractivity contribution in [3.05, 3.63) is 47.7 Å². The fraction of sp³-hybridized carbons (Fsp3) is 0.360. The number of anilines is 2. The minimum absolute atomic E-state index is 0.508. The third kappa shape index (κ3) is 4.28. The van der Waals surface area contributed by atoms with Gasteiger partial charge in [0.1, 0.15) is 5.75 Å². The van der Waals surface area contributed by atoms with Crippen molar-refractivity contribution in [3.8, 4) is 34.3 Å². The number of hydrogen-bond donors (Lipinski definition) is 1. The molecular formula is C25H29N3O4. The summed E-state index contributed by atoms with van der Waals surface area (Å²) in [6, 6.07) is 9.85. The van der Waals surface area contributed by atoms with Gasteiger partial charge in [0.05, 0.1) is 32.6 Å². The van der Waals surface area contributed by atoms with Gasteiger partial charge in [0.25, 0.3) is 0 Å². The van der Waals surface area contributed by atoms with Gasteiger partial charge in [0.2, 0.25) is 11.7 Å². The molecule has 1 aliphatic carbocycles. The lowest BCUT2D eigenvalue weighted by Crippen LogP contribution is -2.10. The highest BCUT2D eigenvalue weighted by molar-refractivity contribution is 5.74. The van der Waals surface area contributed by atoms with Crippen LogP contribution in [0.15, 0.2) is 36.5 Å². The number of rotatable bonds is 9. The first-order chi connectivity index (χ1) is 15.7. The molecule has 2 aromatic carbocycles. The van der Waals surface area contributed by atoms with Gasteiger partial charge in [-0.15, -0.1) is 0 Å². The molecule has 1 N–H and O–H groups in total. The third-order valence-electron chi connectivity index (χ3n) is 5.28. The number of hydrogen-bond acceptors (Lipinski definition) is 7. The van der Waals surface area contributed by atoms with E-state index < -0.39 is 0 Å². The molecule has 1 heterocycles. The van der Waals surface area contributed by atoms with Crippen LogP contribution in [0.2, 0.25) is 0 Å². The van der Waals surface area contributed by atoms with Crippen LogP contribution in [0.4, 0.5) is 11.6 Å². The quantitative estimate of drug-likeness (QED) is 0.496. The maximum absolute atomic E-state index is 5.82. The van der Waals surface area contributed by atoms with Crippen LogP contribution in [0.1, 0.15) is 31.9 Å². The highest BCUT2D eigenvalue weighted by Crippen LogP contribution is 2.42. The molecule has 0 spiro atoms. The molecule has 0 saturated carbocycles. The molecule has 32 heavy (non-hydrogen) atoms. The van der Waals surface area contributed by atoms with E-state index in [9.17, 15) is 0 Å². The highest BCUT2D eigenvalue weighted by atomic mass is 16.5. The van der Waals surface area contributed by atoms with Crippen LogP contribution in [0, 0.1) is 0 Å². The number of methoxy groups -OCH3 is 1. The van der Waals surface area contributed by atoms with Crippen LogP contribution in [-0.2, 0) is 12.8 Å². The highest BCUT2D eigenvalue weighted by Gasteiger charge is 2.22. The van der Waals surface area contributed by atoms with E-state index in [1.807, 2.05) is 51.2 Å². The zero-order chi connectivity index (χ0) is 22.5. The van der Waals surface area contributed by atoms with Crippen molar-refractivity contribution in [1.29, 1.82) is 0 Å². The predicted molar refractivity (Wildman–Crippen MR) is 125 cm³/mol. The Morgan fingerprint density at radius 2 is 1.62 bits per heavy atom. The molecule has 0 unspecified atom stereocenters. The lowest BCUT2D eigenvalue weighted by Gasteiger charge is -2.21. The van der Waals surface area contributed by atoms with Crippen molar-refractivity contribution in [3.63, 3.8) is 0 Å².